The van der Waals surface area contributed by atoms with Crippen LogP contribution in [-0.4, -0.2) is 34.8 Å². The Morgan fingerprint density at radius 3 is 2.36 bits per heavy atom. The Kier molecular flexibility index (Phi) is 21.5. The van der Waals surface area contributed by atoms with Gasteiger partial charge in [-0.1, -0.05) is 6.07 Å². The van der Waals surface area contributed by atoms with Crippen molar-refractivity contribution in [3.63, 3.8) is 0 Å². The number of fused-ring (bicyclic) bond motifs is 1. The van der Waals surface area contributed by atoms with Gasteiger partial charge < -0.3 is 22.0 Å². The summed E-state index contributed by atoms with van der Waals surface area (Å²) in [6.07, 6.45) is 6.56. The van der Waals surface area contributed by atoms with Crippen molar-refractivity contribution in [1.82, 2.24) is 9.97 Å². The molecule has 1 aliphatic carbocycles. The van der Waals surface area contributed by atoms with E-state index in [1.165, 1.54) is 0 Å². The summed E-state index contributed by atoms with van der Waals surface area (Å²) in [4.78, 5) is 41.9. The van der Waals surface area contributed by atoms with E-state index in [0.29, 0.717) is 43.8 Å². The van der Waals surface area contributed by atoms with Gasteiger partial charge in [-0.3, -0.25) is 24.4 Å². The first-order valence-corrected chi connectivity index (χ1v) is 9.85. The molecule has 2 N–H and O–H groups in total. The summed E-state index contributed by atoms with van der Waals surface area (Å²) in [7, 11) is 0. The van der Waals surface area contributed by atoms with Crippen LogP contribution in [0.5, 0.6) is 0 Å². The minimum Gasteiger partial charge on any atom is -1.00 e. The zero-order valence-corrected chi connectivity index (χ0v) is 26.3. The van der Waals surface area contributed by atoms with E-state index in [0.717, 1.165) is 34.5 Å². The molecule has 2 aromatic heterocycles. The number of Topliss-reactive ketones (excluding diaryl/α,β-unsaturated/α-hetero) is 1. The molecule has 1 aliphatic rings. The minimum atomic E-state index is -0.209. The summed E-state index contributed by atoms with van der Waals surface area (Å²) in [6, 6.07) is 3.92. The van der Waals surface area contributed by atoms with Gasteiger partial charge in [0.2, 0.25) is 0 Å². The van der Waals surface area contributed by atoms with Crippen LogP contribution in [0.25, 0.3) is 0 Å². The quantitative estimate of drug-likeness (QED) is 0.139. The number of nitrogens with zero attached hydrogens (tertiary/aromatic N) is 2. The minimum absolute atomic E-state index is 0. The average Bonchev–Trinajstić information content (AvgIpc) is 2.73. The number of aromatic nitrogens is 2. The molecule has 0 unspecified atom stereocenters. The van der Waals surface area contributed by atoms with Gasteiger partial charge in [0, 0.05) is 37.4 Å². The maximum Gasteiger partial charge on any atom is 1.00 e. The van der Waals surface area contributed by atoms with Gasteiger partial charge in [-0.15, -0.1) is 0 Å². The summed E-state index contributed by atoms with van der Waals surface area (Å²) >= 11 is 0. The summed E-state index contributed by atoms with van der Waals surface area (Å²) in [6.45, 7) is 5.96. The Bertz CT molecular complexity index is 903. The van der Waals surface area contributed by atoms with E-state index in [1.54, 1.807) is 13.1 Å². The number of carbonyl (C=O) groups excluding carboxylic acids is 3. The van der Waals surface area contributed by atoms with Gasteiger partial charge in [0.1, 0.15) is 5.78 Å². The van der Waals surface area contributed by atoms with Gasteiger partial charge in [0.25, 0.3) is 6.47 Å². The summed E-state index contributed by atoms with van der Waals surface area (Å²) in [5.41, 5.74) is 11.6. The molecule has 2 aromatic rings. The Morgan fingerprint density at radius 2 is 1.79 bits per heavy atom. The SMILES string of the molecule is CCOC(=O)CCc1ncc(C)cc1N.Cc1cnc2c(c1)CC(=O)CC2.O=CO[O-].[H-].[K+].[K+]. The topological polar surface area (TPSA) is 145 Å². The zero-order valence-electron chi connectivity index (χ0n) is 21.1. The molecule has 9 nitrogen and oxygen atoms in total. The number of hydrogen-bond acceptors (Lipinski definition) is 9. The number of esters is 1. The van der Waals surface area contributed by atoms with Crippen LogP contribution in [-0.2, 0) is 43.3 Å². The van der Waals surface area contributed by atoms with Crippen LogP contribution < -0.4 is 114 Å². The van der Waals surface area contributed by atoms with Crippen LogP contribution in [0.2, 0.25) is 0 Å². The van der Waals surface area contributed by atoms with E-state index in [4.69, 9.17) is 20.5 Å². The summed E-state index contributed by atoms with van der Waals surface area (Å²) in [5, 5.41) is 8.43. The maximum atomic E-state index is 11.1. The molecule has 0 bridgehead atoms. The Hall–Kier alpha value is -0.0573. The second-order valence-corrected chi connectivity index (χ2v) is 6.88. The smallest absolute Gasteiger partial charge is 1.00 e. The predicted octanol–water partition coefficient (Wildman–Crippen LogP) is -4.53. The summed E-state index contributed by atoms with van der Waals surface area (Å²) in [5.74, 6) is 0.133. The Morgan fingerprint density at radius 1 is 1.18 bits per heavy atom. The second-order valence-electron chi connectivity index (χ2n) is 6.88. The number of pyridine rings is 2. The standard InChI is InChI=1S/C11H16N2O2.C10H11NO.CH2O3.2K.H/c1-3-15-11(14)5-4-10-9(12)6-8(2)7-13-10;1-7-4-8-5-9(12)2-3-10(8)11-6-7;2-1-4-3;;;/h6-7H,3-5,12H2,1-2H3;4,6H,2-3,5H2,1H3;1,3H;;;/q;;;2*+1;-1/p-1. The summed E-state index contributed by atoms with van der Waals surface area (Å²) < 4.78 is 4.82. The maximum absolute atomic E-state index is 11.1. The van der Waals surface area contributed by atoms with Crippen molar-refractivity contribution in [3.8, 4) is 0 Å². The molecule has 0 aromatic carbocycles. The van der Waals surface area contributed by atoms with E-state index in [1.807, 2.05) is 26.1 Å². The zero-order chi connectivity index (χ0) is 23.2. The van der Waals surface area contributed by atoms with E-state index in [2.05, 4.69) is 20.9 Å². The fraction of sp³-hybridized carbons (Fsp3) is 0.409. The third kappa shape index (κ3) is 14.8. The normalized spacial score (nSPS) is 11.0. The third-order valence-corrected chi connectivity index (χ3v) is 4.28. The molecular formula is C22H29K2N3O6. The number of ketones is 1. The van der Waals surface area contributed by atoms with Crippen LogP contribution in [0.3, 0.4) is 0 Å². The molecule has 0 fully saturated rings. The first kappa shape index (κ1) is 35.1. The number of anilines is 1. The van der Waals surface area contributed by atoms with Gasteiger partial charge in [-0.2, -0.15) is 0 Å². The van der Waals surface area contributed by atoms with Crippen LogP contribution in [0.4, 0.5) is 5.69 Å². The van der Waals surface area contributed by atoms with Crippen LogP contribution in [0.15, 0.2) is 24.5 Å². The first-order chi connectivity index (χ1) is 14.8. The van der Waals surface area contributed by atoms with Crippen LogP contribution in [0, 0.1) is 13.8 Å². The molecule has 0 saturated carbocycles. The molecule has 11 heteroatoms. The van der Waals surface area contributed by atoms with Gasteiger partial charge in [-0.05, 0) is 49.9 Å². The van der Waals surface area contributed by atoms with Gasteiger partial charge in [-0.25, -0.2) is 0 Å². The molecule has 33 heavy (non-hydrogen) atoms. The number of nitrogen functional groups attached to an aromatic ring is 1. The predicted molar refractivity (Wildman–Crippen MR) is 113 cm³/mol. The van der Waals surface area contributed by atoms with E-state index in [9.17, 15) is 9.59 Å². The number of hydrogen-bond donors (Lipinski definition) is 1. The molecule has 0 radical (unpaired) electrons. The van der Waals surface area contributed by atoms with Crippen molar-refractivity contribution >= 4 is 23.9 Å². The molecule has 0 atom stereocenters. The average molecular weight is 510 g/mol. The first-order valence-electron chi connectivity index (χ1n) is 9.85. The molecule has 0 amide bonds. The van der Waals surface area contributed by atoms with Crippen LogP contribution >= 0.6 is 0 Å². The van der Waals surface area contributed by atoms with E-state index >= 15 is 0 Å². The molecule has 170 valence electrons. The van der Waals surface area contributed by atoms with Crippen molar-refractivity contribution in [1.29, 1.82) is 0 Å². The number of rotatable bonds is 5. The molecule has 2 heterocycles. The van der Waals surface area contributed by atoms with Crippen molar-refractivity contribution < 1.29 is 133 Å². The monoisotopic (exact) mass is 509 g/mol. The fourth-order valence-corrected chi connectivity index (χ4v) is 2.88. The number of aryl methyl sites for hydroxylation is 4. The van der Waals surface area contributed by atoms with Gasteiger partial charge >= 0.3 is 109 Å². The van der Waals surface area contributed by atoms with Crippen molar-refractivity contribution in [3.05, 3.63) is 52.6 Å². The molecule has 0 spiro atoms. The Balaban J connectivity index is -0.000000459. The Labute approximate surface area is 280 Å². The van der Waals surface area contributed by atoms with Gasteiger partial charge in [0.15, 0.2) is 0 Å². The second kappa shape index (κ2) is 20.2. The molecule has 0 saturated heterocycles. The van der Waals surface area contributed by atoms with E-state index in [-0.39, 0.29) is 117 Å². The van der Waals surface area contributed by atoms with Crippen molar-refractivity contribution in [2.45, 2.75) is 52.9 Å². The largest absolute Gasteiger partial charge is 1.00 e. The van der Waals surface area contributed by atoms with E-state index < -0.39 is 0 Å². The van der Waals surface area contributed by atoms with Crippen LogP contribution in [0.1, 0.15) is 49.3 Å². The number of nitrogens with two attached hydrogens (primary N) is 1. The number of ether oxygens (including phenoxy) is 1. The third-order valence-electron chi connectivity index (χ3n) is 4.28. The van der Waals surface area contributed by atoms with Crippen molar-refractivity contribution in [2.75, 3.05) is 12.3 Å². The van der Waals surface area contributed by atoms with Crippen molar-refractivity contribution in [2.24, 2.45) is 0 Å². The molecule has 0 aliphatic heterocycles. The van der Waals surface area contributed by atoms with Gasteiger partial charge in [0.05, 0.1) is 24.4 Å². The molecule has 3 rings (SSSR count). The molecular weight excluding hydrogens is 480 g/mol. The fourth-order valence-electron chi connectivity index (χ4n) is 2.88. The number of carbonyl (C=O) groups is 3.